The van der Waals surface area contributed by atoms with Crippen LogP contribution >= 0.6 is 0 Å². The first-order valence-corrected chi connectivity index (χ1v) is 9.97. The maximum Gasteiger partial charge on any atom is 0.287 e. The van der Waals surface area contributed by atoms with Crippen molar-refractivity contribution in [2.24, 2.45) is 0 Å². The lowest BCUT2D eigenvalue weighted by atomic mass is 10.1. The van der Waals surface area contributed by atoms with Crippen molar-refractivity contribution < 1.29 is 14.4 Å². The van der Waals surface area contributed by atoms with Gasteiger partial charge in [0.2, 0.25) is 11.7 Å². The largest absolute Gasteiger partial charge is 0.368 e. The maximum atomic E-state index is 12.4. The predicted molar refractivity (Wildman–Crippen MR) is 113 cm³/mol. The standard InChI is InChI=1S/C23H27N3O3/c1-18-6-5-9-20(16-18)25-12-14-26(15-13-25)22(28)17-24-23(29)21(27)11-10-19-7-3-2-4-8-19/h2-9,16H,10-15,17H2,1H3,(H,24,29). The molecule has 0 radical (unpaired) electrons. The van der Waals surface area contributed by atoms with E-state index in [2.05, 4.69) is 35.3 Å². The first kappa shape index (κ1) is 20.6. The van der Waals surface area contributed by atoms with E-state index < -0.39 is 11.7 Å². The molecule has 1 N–H and O–H groups in total. The van der Waals surface area contributed by atoms with Crippen molar-refractivity contribution in [2.75, 3.05) is 37.6 Å². The average Bonchev–Trinajstić information content (AvgIpc) is 2.76. The van der Waals surface area contributed by atoms with Crippen molar-refractivity contribution in [1.29, 1.82) is 0 Å². The molecule has 2 aromatic rings. The van der Waals surface area contributed by atoms with Crippen LogP contribution in [0.1, 0.15) is 17.5 Å². The Kier molecular flexibility index (Phi) is 7.00. The number of piperazine rings is 1. The highest BCUT2D eigenvalue weighted by Crippen LogP contribution is 2.17. The van der Waals surface area contributed by atoms with E-state index in [4.69, 9.17) is 0 Å². The summed E-state index contributed by atoms with van der Waals surface area (Å²) in [7, 11) is 0. The lowest BCUT2D eigenvalue weighted by Gasteiger charge is -2.36. The molecule has 0 aromatic heterocycles. The van der Waals surface area contributed by atoms with E-state index in [-0.39, 0.29) is 18.9 Å². The van der Waals surface area contributed by atoms with Crippen LogP contribution in [0.2, 0.25) is 0 Å². The Labute approximate surface area is 171 Å². The Morgan fingerprint density at radius 1 is 0.931 bits per heavy atom. The van der Waals surface area contributed by atoms with Gasteiger partial charge in [0.25, 0.3) is 5.91 Å². The molecule has 1 saturated heterocycles. The van der Waals surface area contributed by atoms with Gasteiger partial charge in [-0.15, -0.1) is 0 Å². The van der Waals surface area contributed by atoms with Crippen LogP contribution in [0.5, 0.6) is 0 Å². The Balaban J connectivity index is 1.39. The predicted octanol–water partition coefficient (Wildman–Crippen LogP) is 1.96. The molecule has 0 unspecified atom stereocenters. The number of anilines is 1. The second-order valence-corrected chi connectivity index (χ2v) is 7.30. The smallest absolute Gasteiger partial charge is 0.287 e. The molecule has 1 aliphatic rings. The summed E-state index contributed by atoms with van der Waals surface area (Å²) in [5.74, 6) is -1.34. The summed E-state index contributed by atoms with van der Waals surface area (Å²) in [5.41, 5.74) is 3.38. The summed E-state index contributed by atoms with van der Waals surface area (Å²) in [6.07, 6.45) is 0.654. The third-order valence-corrected chi connectivity index (χ3v) is 5.14. The monoisotopic (exact) mass is 393 g/mol. The molecule has 0 aliphatic carbocycles. The minimum absolute atomic E-state index is 0.138. The minimum atomic E-state index is -0.687. The van der Waals surface area contributed by atoms with Gasteiger partial charge in [-0.2, -0.15) is 0 Å². The van der Waals surface area contributed by atoms with Crippen molar-refractivity contribution in [3.8, 4) is 0 Å². The normalized spacial score (nSPS) is 13.8. The molecule has 2 aromatic carbocycles. The molecule has 3 rings (SSSR count). The highest BCUT2D eigenvalue weighted by atomic mass is 16.2. The number of hydrogen-bond donors (Lipinski definition) is 1. The van der Waals surface area contributed by atoms with Gasteiger partial charge in [0.15, 0.2) is 0 Å². The second-order valence-electron chi connectivity index (χ2n) is 7.30. The van der Waals surface area contributed by atoms with Gasteiger partial charge < -0.3 is 15.1 Å². The zero-order valence-corrected chi connectivity index (χ0v) is 16.8. The number of amides is 2. The molecule has 1 aliphatic heterocycles. The molecule has 29 heavy (non-hydrogen) atoms. The summed E-state index contributed by atoms with van der Waals surface area (Å²) in [6.45, 7) is 4.63. The minimum Gasteiger partial charge on any atom is -0.368 e. The number of hydrogen-bond acceptors (Lipinski definition) is 4. The van der Waals surface area contributed by atoms with Crippen molar-refractivity contribution in [2.45, 2.75) is 19.8 Å². The summed E-state index contributed by atoms with van der Waals surface area (Å²) in [5, 5.41) is 2.47. The summed E-state index contributed by atoms with van der Waals surface area (Å²) in [6, 6.07) is 17.9. The fourth-order valence-electron chi connectivity index (χ4n) is 3.42. The van der Waals surface area contributed by atoms with Crippen molar-refractivity contribution in [3.63, 3.8) is 0 Å². The van der Waals surface area contributed by atoms with Gasteiger partial charge in [0, 0.05) is 38.3 Å². The molecule has 152 valence electrons. The first-order valence-electron chi connectivity index (χ1n) is 9.97. The third kappa shape index (κ3) is 5.91. The van der Waals surface area contributed by atoms with Gasteiger partial charge in [-0.25, -0.2) is 0 Å². The molecule has 2 amide bonds. The van der Waals surface area contributed by atoms with Gasteiger partial charge in [0.1, 0.15) is 0 Å². The van der Waals surface area contributed by atoms with Crippen LogP contribution in [0.3, 0.4) is 0 Å². The number of carbonyl (C=O) groups is 3. The molecule has 0 spiro atoms. The molecule has 1 heterocycles. The van der Waals surface area contributed by atoms with Gasteiger partial charge >= 0.3 is 0 Å². The Bertz CT molecular complexity index is 859. The topological polar surface area (TPSA) is 69.7 Å². The van der Waals surface area contributed by atoms with E-state index in [9.17, 15) is 14.4 Å². The van der Waals surface area contributed by atoms with Crippen LogP contribution in [-0.2, 0) is 20.8 Å². The van der Waals surface area contributed by atoms with Gasteiger partial charge in [-0.3, -0.25) is 14.4 Å². The number of nitrogens with one attached hydrogen (secondary N) is 1. The Morgan fingerprint density at radius 3 is 2.34 bits per heavy atom. The number of rotatable bonds is 7. The molecule has 1 fully saturated rings. The van der Waals surface area contributed by atoms with E-state index in [0.29, 0.717) is 19.5 Å². The van der Waals surface area contributed by atoms with E-state index in [1.807, 2.05) is 36.4 Å². The zero-order chi connectivity index (χ0) is 20.6. The summed E-state index contributed by atoms with van der Waals surface area (Å²) in [4.78, 5) is 40.3. The molecule has 0 bridgehead atoms. The van der Waals surface area contributed by atoms with Crippen LogP contribution in [0.25, 0.3) is 0 Å². The molecular weight excluding hydrogens is 366 g/mol. The van der Waals surface area contributed by atoms with Crippen LogP contribution in [0.4, 0.5) is 5.69 Å². The second kappa shape index (κ2) is 9.87. The van der Waals surface area contributed by atoms with Gasteiger partial charge in [-0.05, 0) is 36.6 Å². The SMILES string of the molecule is Cc1cccc(N2CCN(C(=O)CNC(=O)C(=O)CCc3ccccc3)CC2)c1. The van der Waals surface area contributed by atoms with Crippen molar-refractivity contribution in [1.82, 2.24) is 10.2 Å². The lowest BCUT2D eigenvalue weighted by molar-refractivity contribution is -0.139. The van der Waals surface area contributed by atoms with Crippen LogP contribution in [0.15, 0.2) is 54.6 Å². The number of nitrogens with zero attached hydrogens (tertiary/aromatic N) is 2. The first-order chi connectivity index (χ1) is 14.0. The molecule has 6 nitrogen and oxygen atoms in total. The van der Waals surface area contributed by atoms with Crippen LogP contribution in [-0.4, -0.2) is 55.2 Å². The lowest BCUT2D eigenvalue weighted by Crippen LogP contribution is -2.51. The number of aryl methyl sites for hydroxylation is 2. The number of benzene rings is 2. The molecular formula is C23H27N3O3. The van der Waals surface area contributed by atoms with Crippen LogP contribution < -0.4 is 10.2 Å². The van der Waals surface area contributed by atoms with Crippen molar-refractivity contribution in [3.05, 3.63) is 65.7 Å². The van der Waals surface area contributed by atoms with Crippen LogP contribution in [0, 0.1) is 6.92 Å². The summed E-state index contributed by atoms with van der Waals surface area (Å²) < 4.78 is 0. The van der Waals surface area contributed by atoms with E-state index >= 15 is 0 Å². The molecule has 0 atom stereocenters. The fraction of sp³-hybridized carbons (Fsp3) is 0.348. The number of Topliss-reactive ketones (excluding diaryl/α,β-unsaturated/α-hetero) is 1. The van der Waals surface area contributed by atoms with Crippen molar-refractivity contribution >= 4 is 23.3 Å². The Hall–Kier alpha value is -3.15. The highest BCUT2D eigenvalue weighted by molar-refractivity contribution is 6.36. The van der Waals surface area contributed by atoms with E-state index in [1.54, 1.807) is 4.90 Å². The molecule has 6 heteroatoms. The number of ketones is 1. The fourth-order valence-corrected chi connectivity index (χ4v) is 3.42. The third-order valence-electron chi connectivity index (χ3n) is 5.14. The van der Waals surface area contributed by atoms with E-state index in [1.165, 1.54) is 5.56 Å². The maximum absolute atomic E-state index is 12.4. The number of carbonyl (C=O) groups excluding carboxylic acids is 3. The highest BCUT2D eigenvalue weighted by Gasteiger charge is 2.22. The van der Waals surface area contributed by atoms with Gasteiger partial charge in [-0.1, -0.05) is 42.5 Å². The molecule has 0 saturated carbocycles. The zero-order valence-electron chi connectivity index (χ0n) is 16.8. The van der Waals surface area contributed by atoms with Gasteiger partial charge in [0.05, 0.1) is 6.54 Å². The van der Waals surface area contributed by atoms with E-state index in [0.717, 1.165) is 24.3 Å². The average molecular weight is 393 g/mol. The summed E-state index contributed by atoms with van der Waals surface area (Å²) >= 11 is 0. The quantitative estimate of drug-likeness (QED) is 0.730. The Morgan fingerprint density at radius 2 is 1.66 bits per heavy atom.